The molecule has 1 amide bonds. The number of nitrogens with zero attached hydrogens (tertiary/aromatic N) is 1. The Balaban J connectivity index is 0.00000264. The first kappa shape index (κ1) is 20.0. The van der Waals surface area contributed by atoms with E-state index in [2.05, 4.69) is 5.32 Å². The fourth-order valence-electron chi connectivity index (χ4n) is 2.30. The van der Waals surface area contributed by atoms with Crippen molar-refractivity contribution in [1.29, 1.82) is 0 Å². The van der Waals surface area contributed by atoms with Crippen molar-refractivity contribution in [1.82, 2.24) is 4.90 Å². The topological polar surface area (TPSA) is 58.4 Å². The summed E-state index contributed by atoms with van der Waals surface area (Å²) in [6.45, 7) is 1.51. The number of alkyl halides is 3. The molecule has 3 N–H and O–H groups in total. The summed E-state index contributed by atoms with van der Waals surface area (Å²) in [5, 5.41) is 2.51. The Labute approximate surface area is 143 Å². The zero-order valence-corrected chi connectivity index (χ0v) is 13.8. The van der Waals surface area contributed by atoms with E-state index >= 15 is 0 Å². The molecule has 1 aliphatic heterocycles. The number of hydrogen-bond donors (Lipinski definition) is 2. The van der Waals surface area contributed by atoms with Gasteiger partial charge in [-0.25, -0.2) is 0 Å². The number of anilines is 1. The maximum Gasteiger partial charge on any atom is 0.416 e. The number of carbonyl (C=O) groups is 1. The molecule has 1 aromatic rings. The number of benzene rings is 1. The van der Waals surface area contributed by atoms with Gasteiger partial charge < -0.3 is 11.1 Å². The molecule has 0 saturated carbocycles. The lowest BCUT2D eigenvalue weighted by Gasteiger charge is -2.29. The molecule has 2 rings (SSSR count). The van der Waals surface area contributed by atoms with E-state index in [1.165, 1.54) is 0 Å². The number of hydrogen-bond acceptors (Lipinski definition) is 3. The van der Waals surface area contributed by atoms with Crippen molar-refractivity contribution in [3.63, 3.8) is 0 Å². The molecular weight excluding hydrogens is 354 g/mol. The van der Waals surface area contributed by atoms with Crippen LogP contribution in [0.25, 0.3) is 0 Å². The maximum atomic E-state index is 12.7. The monoisotopic (exact) mass is 371 g/mol. The van der Waals surface area contributed by atoms with Crippen LogP contribution < -0.4 is 11.1 Å². The van der Waals surface area contributed by atoms with Gasteiger partial charge in [-0.2, -0.15) is 13.2 Å². The van der Waals surface area contributed by atoms with Gasteiger partial charge in [0.2, 0.25) is 5.91 Å². The van der Waals surface area contributed by atoms with Crippen LogP contribution in [0.2, 0.25) is 5.02 Å². The summed E-state index contributed by atoms with van der Waals surface area (Å²) in [5.74, 6) is -0.392. The molecule has 0 atom stereocenters. The first-order valence-corrected chi connectivity index (χ1v) is 7.28. The van der Waals surface area contributed by atoms with E-state index in [1.807, 2.05) is 4.90 Å². The van der Waals surface area contributed by atoms with E-state index in [4.69, 9.17) is 17.3 Å². The lowest BCUT2D eigenvalue weighted by Crippen LogP contribution is -2.43. The molecule has 0 aliphatic carbocycles. The van der Waals surface area contributed by atoms with Crippen LogP contribution in [0.1, 0.15) is 18.4 Å². The van der Waals surface area contributed by atoms with Crippen LogP contribution in [0.3, 0.4) is 0 Å². The number of nitrogens with one attached hydrogen (secondary N) is 1. The summed E-state index contributed by atoms with van der Waals surface area (Å²) in [5.41, 5.74) is 4.89. The van der Waals surface area contributed by atoms with Crippen LogP contribution in [-0.4, -0.2) is 36.5 Å². The molecule has 0 radical (unpaired) electrons. The third-order valence-electron chi connectivity index (χ3n) is 3.57. The normalized spacial score (nSPS) is 16.7. The van der Waals surface area contributed by atoms with Gasteiger partial charge in [0.1, 0.15) is 0 Å². The summed E-state index contributed by atoms with van der Waals surface area (Å²) in [6.07, 6.45) is -2.87. The van der Waals surface area contributed by atoms with Crippen molar-refractivity contribution in [2.24, 2.45) is 5.73 Å². The van der Waals surface area contributed by atoms with Crippen LogP contribution in [0.15, 0.2) is 18.2 Å². The van der Waals surface area contributed by atoms with Crippen LogP contribution in [-0.2, 0) is 11.0 Å². The second-order valence-electron chi connectivity index (χ2n) is 5.35. The second-order valence-corrected chi connectivity index (χ2v) is 5.76. The molecule has 1 heterocycles. The van der Waals surface area contributed by atoms with Gasteiger partial charge in [-0.3, -0.25) is 9.69 Å². The molecule has 4 nitrogen and oxygen atoms in total. The molecule has 0 spiro atoms. The van der Waals surface area contributed by atoms with E-state index in [0.29, 0.717) is 13.1 Å². The predicted molar refractivity (Wildman–Crippen MR) is 86.0 cm³/mol. The summed E-state index contributed by atoms with van der Waals surface area (Å²) >= 11 is 5.84. The van der Waals surface area contributed by atoms with Crippen molar-refractivity contribution in [3.8, 4) is 0 Å². The number of likely N-dealkylation sites (tertiary alicyclic amines) is 1. The molecule has 1 fully saturated rings. The first-order valence-electron chi connectivity index (χ1n) is 6.90. The van der Waals surface area contributed by atoms with E-state index < -0.39 is 17.6 Å². The average molecular weight is 372 g/mol. The highest BCUT2D eigenvalue weighted by Crippen LogP contribution is 2.33. The van der Waals surface area contributed by atoms with Gasteiger partial charge in [0, 0.05) is 19.1 Å². The minimum Gasteiger partial charge on any atom is -0.328 e. The van der Waals surface area contributed by atoms with Crippen molar-refractivity contribution < 1.29 is 18.0 Å². The first-order chi connectivity index (χ1) is 10.3. The third kappa shape index (κ3) is 5.84. The molecule has 9 heteroatoms. The third-order valence-corrected chi connectivity index (χ3v) is 3.90. The summed E-state index contributed by atoms with van der Waals surface area (Å²) in [4.78, 5) is 13.9. The zero-order chi connectivity index (χ0) is 16.3. The maximum absolute atomic E-state index is 12.7. The van der Waals surface area contributed by atoms with Crippen molar-refractivity contribution in [3.05, 3.63) is 28.8 Å². The Kier molecular flexibility index (Phi) is 7.13. The van der Waals surface area contributed by atoms with Crippen LogP contribution in [0.4, 0.5) is 18.9 Å². The zero-order valence-electron chi connectivity index (χ0n) is 12.2. The molecule has 0 aromatic heterocycles. The lowest BCUT2D eigenvalue weighted by molar-refractivity contribution is -0.137. The molecule has 0 unspecified atom stereocenters. The van der Waals surface area contributed by atoms with E-state index in [0.717, 1.165) is 31.0 Å². The van der Waals surface area contributed by atoms with E-state index in [9.17, 15) is 18.0 Å². The van der Waals surface area contributed by atoms with Gasteiger partial charge in [-0.15, -0.1) is 12.4 Å². The van der Waals surface area contributed by atoms with Crippen LogP contribution in [0.5, 0.6) is 0 Å². The van der Waals surface area contributed by atoms with Crippen LogP contribution >= 0.6 is 24.0 Å². The number of halogens is 5. The second kappa shape index (κ2) is 8.19. The number of piperidine rings is 1. The quantitative estimate of drug-likeness (QED) is 0.857. The summed E-state index contributed by atoms with van der Waals surface area (Å²) in [7, 11) is 0. The predicted octanol–water partition coefficient (Wildman–Crippen LogP) is 3.14. The van der Waals surface area contributed by atoms with Crippen molar-refractivity contribution in [2.75, 3.05) is 25.0 Å². The number of amides is 1. The Morgan fingerprint density at radius 1 is 1.35 bits per heavy atom. The fraction of sp³-hybridized carbons (Fsp3) is 0.500. The van der Waals surface area contributed by atoms with Crippen molar-refractivity contribution >= 4 is 35.6 Å². The largest absolute Gasteiger partial charge is 0.416 e. The van der Waals surface area contributed by atoms with Gasteiger partial charge in [-0.05, 0) is 31.0 Å². The summed E-state index contributed by atoms with van der Waals surface area (Å²) < 4.78 is 38.0. The van der Waals surface area contributed by atoms with E-state index in [-0.39, 0.29) is 35.7 Å². The Morgan fingerprint density at radius 2 is 1.96 bits per heavy atom. The highest BCUT2D eigenvalue weighted by molar-refractivity contribution is 6.33. The van der Waals surface area contributed by atoms with Gasteiger partial charge >= 0.3 is 6.18 Å². The summed E-state index contributed by atoms with van der Waals surface area (Å²) in [6, 6.07) is 2.99. The molecule has 1 saturated heterocycles. The average Bonchev–Trinajstić information content (AvgIpc) is 2.42. The minimum absolute atomic E-state index is 0. The number of nitrogens with two attached hydrogens (primary N) is 1. The molecule has 23 heavy (non-hydrogen) atoms. The highest BCUT2D eigenvalue weighted by atomic mass is 35.5. The smallest absolute Gasteiger partial charge is 0.328 e. The van der Waals surface area contributed by atoms with E-state index in [1.54, 1.807) is 0 Å². The van der Waals surface area contributed by atoms with Crippen molar-refractivity contribution in [2.45, 2.75) is 25.1 Å². The van der Waals surface area contributed by atoms with Gasteiger partial charge in [0.05, 0.1) is 22.8 Å². The highest BCUT2D eigenvalue weighted by Gasteiger charge is 2.31. The molecular formula is C14H18Cl2F3N3O. The van der Waals surface area contributed by atoms with Gasteiger partial charge in [0.15, 0.2) is 0 Å². The SMILES string of the molecule is Cl.NC1CCN(CC(=O)Nc2cc(C(F)(F)F)ccc2Cl)CC1. The number of carbonyl (C=O) groups excluding carboxylic acids is 1. The standard InChI is InChI=1S/C14H17ClF3N3O.ClH/c15-11-2-1-9(14(16,17)18)7-12(11)20-13(22)8-21-5-3-10(19)4-6-21;/h1-2,7,10H,3-6,8,19H2,(H,20,22);1H. The van der Waals surface area contributed by atoms with Gasteiger partial charge in [-0.1, -0.05) is 11.6 Å². The minimum atomic E-state index is -4.48. The fourth-order valence-corrected chi connectivity index (χ4v) is 2.47. The molecule has 130 valence electrons. The van der Waals surface area contributed by atoms with Gasteiger partial charge in [0.25, 0.3) is 0 Å². The lowest BCUT2D eigenvalue weighted by atomic mass is 10.1. The Morgan fingerprint density at radius 3 is 2.52 bits per heavy atom. The Bertz CT molecular complexity index is 547. The van der Waals surface area contributed by atoms with Crippen LogP contribution in [0, 0.1) is 0 Å². The number of rotatable bonds is 3. The molecule has 1 aromatic carbocycles. The molecule has 0 bridgehead atoms. The Hall–Kier alpha value is -1.02. The molecule has 1 aliphatic rings.